The number of aromatic nitrogens is 2. The van der Waals surface area contributed by atoms with Gasteiger partial charge in [0.15, 0.2) is 5.92 Å². The molecule has 0 N–H and O–H groups in total. The Bertz CT molecular complexity index is 1690. The van der Waals surface area contributed by atoms with E-state index in [0.717, 1.165) is 64.2 Å². The molecule has 0 aliphatic rings. The maximum Gasteiger partial charge on any atom is 0.322 e. The summed E-state index contributed by atoms with van der Waals surface area (Å²) in [5, 5.41) is 0. The largest absolute Gasteiger partial charge is 0.496 e. The molecule has 0 radical (unpaired) electrons. The molecule has 2 aromatic rings. The van der Waals surface area contributed by atoms with Crippen molar-refractivity contribution in [3.8, 4) is 17.2 Å². The molecule has 1 heterocycles. The molecule has 0 fully saturated rings. The van der Waals surface area contributed by atoms with Gasteiger partial charge in [0, 0.05) is 35.4 Å². The average molecular weight is 999 g/mol. The fourth-order valence-corrected chi connectivity index (χ4v) is 9.08. The second kappa shape index (κ2) is 32.7. The van der Waals surface area contributed by atoms with Crippen molar-refractivity contribution in [2.24, 2.45) is 52.3 Å². The molecule has 0 saturated carbocycles. The topological polar surface area (TPSA) is 151 Å². The quantitative estimate of drug-likeness (QED) is 0.0358. The van der Waals surface area contributed by atoms with Crippen molar-refractivity contribution < 1.29 is 52.3 Å². The number of unbranched alkanes of at least 4 members (excludes halogenated alkanes) is 2. The lowest BCUT2D eigenvalue weighted by atomic mass is 9.77. The molecule has 0 amide bonds. The SMILES string of the molecule is CCCCC(CC)C(=O)OCC(CCC(C)C)(CCC(C)C)COC(=O)C(C(=O)OCC(CCC(C)C)(CCC(C)C)COC(=O)C(CC)CCCC)C(c1c(OC)cc(OC)cc1OC)n1ccnc1. The van der Waals surface area contributed by atoms with Gasteiger partial charge in [-0.3, -0.25) is 19.2 Å². The minimum absolute atomic E-state index is 0.0750. The summed E-state index contributed by atoms with van der Waals surface area (Å²) >= 11 is 0. The Labute approximate surface area is 429 Å². The van der Waals surface area contributed by atoms with Crippen molar-refractivity contribution >= 4 is 23.9 Å². The molecule has 1 aromatic carbocycles. The summed E-state index contributed by atoms with van der Waals surface area (Å²) in [5.41, 5.74) is -1.10. The first-order valence-electron chi connectivity index (χ1n) is 27.2. The van der Waals surface area contributed by atoms with Crippen molar-refractivity contribution in [3.05, 3.63) is 36.4 Å². The lowest BCUT2D eigenvalue weighted by Gasteiger charge is -2.36. The number of nitrogens with zero attached hydrogens (tertiary/aromatic N) is 2. The third-order valence-electron chi connectivity index (χ3n) is 14.3. The van der Waals surface area contributed by atoms with Crippen LogP contribution in [0.1, 0.15) is 197 Å². The van der Waals surface area contributed by atoms with Gasteiger partial charge in [-0.05, 0) is 75.0 Å². The highest BCUT2D eigenvalue weighted by Crippen LogP contribution is 2.45. The maximum absolute atomic E-state index is 15.5. The molecule has 406 valence electrons. The van der Waals surface area contributed by atoms with E-state index in [1.165, 1.54) is 27.7 Å². The monoisotopic (exact) mass is 999 g/mol. The smallest absolute Gasteiger partial charge is 0.322 e. The predicted octanol–water partition coefficient (Wildman–Crippen LogP) is 13.4. The van der Waals surface area contributed by atoms with Crippen molar-refractivity contribution in [3.63, 3.8) is 0 Å². The summed E-state index contributed by atoms with van der Waals surface area (Å²) in [6.45, 7) is 25.4. The van der Waals surface area contributed by atoms with Crippen LogP contribution in [0, 0.1) is 52.3 Å². The van der Waals surface area contributed by atoms with E-state index in [0.29, 0.717) is 85.0 Å². The molecule has 0 aliphatic heterocycles. The van der Waals surface area contributed by atoms with E-state index in [9.17, 15) is 9.59 Å². The van der Waals surface area contributed by atoms with Gasteiger partial charge in [0.05, 0.1) is 51.1 Å². The van der Waals surface area contributed by atoms with Crippen LogP contribution >= 0.6 is 0 Å². The van der Waals surface area contributed by atoms with Crippen LogP contribution in [0.25, 0.3) is 0 Å². The third kappa shape index (κ3) is 21.0. The average Bonchev–Trinajstić information content (AvgIpc) is 3.89. The van der Waals surface area contributed by atoms with E-state index < -0.39 is 34.7 Å². The van der Waals surface area contributed by atoms with E-state index in [-0.39, 0.29) is 50.2 Å². The van der Waals surface area contributed by atoms with Crippen LogP contribution in [-0.2, 0) is 38.1 Å². The number of hydrogen-bond donors (Lipinski definition) is 0. The van der Waals surface area contributed by atoms with Gasteiger partial charge in [0.25, 0.3) is 0 Å². The number of esters is 4. The highest BCUT2D eigenvalue weighted by Gasteiger charge is 2.46. The first kappa shape index (κ1) is 62.8. The number of methoxy groups -OCH3 is 3. The molecule has 0 aliphatic carbocycles. The van der Waals surface area contributed by atoms with Gasteiger partial charge in [-0.15, -0.1) is 0 Å². The number of rotatable bonds is 38. The summed E-state index contributed by atoms with van der Waals surface area (Å²) in [6, 6.07) is 2.22. The highest BCUT2D eigenvalue weighted by molar-refractivity contribution is 5.96. The normalized spacial score (nSPS) is 13.8. The predicted molar refractivity (Wildman–Crippen MR) is 282 cm³/mol. The van der Waals surface area contributed by atoms with Crippen LogP contribution in [-0.4, -0.2) is 81.2 Å². The molecule has 71 heavy (non-hydrogen) atoms. The lowest BCUT2D eigenvalue weighted by Crippen LogP contribution is -2.42. The molecule has 0 bridgehead atoms. The van der Waals surface area contributed by atoms with Crippen molar-refractivity contribution in [2.45, 2.75) is 192 Å². The molecular formula is C58H98N2O11. The van der Waals surface area contributed by atoms with E-state index in [4.69, 9.17) is 33.2 Å². The molecule has 0 saturated heterocycles. The van der Waals surface area contributed by atoms with Crippen molar-refractivity contribution in [1.82, 2.24) is 9.55 Å². The number of carbonyl (C=O) groups is 4. The van der Waals surface area contributed by atoms with E-state index in [1.54, 1.807) is 29.1 Å². The van der Waals surface area contributed by atoms with Crippen LogP contribution in [0.3, 0.4) is 0 Å². The van der Waals surface area contributed by atoms with Crippen LogP contribution in [0.5, 0.6) is 17.2 Å². The third-order valence-corrected chi connectivity index (χ3v) is 14.3. The Kier molecular flexibility index (Phi) is 28.9. The minimum atomic E-state index is -1.62. The van der Waals surface area contributed by atoms with Crippen LogP contribution in [0.2, 0.25) is 0 Å². The van der Waals surface area contributed by atoms with Crippen molar-refractivity contribution in [2.75, 3.05) is 47.8 Å². The van der Waals surface area contributed by atoms with Gasteiger partial charge < -0.3 is 37.7 Å². The van der Waals surface area contributed by atoms with Crippen molar-refractivity contribution in [1.29, 1.82) is 0 Å². The first-order chi connectivity index (χ1) is 33.8. The Morgan fingerprint density at radius 2 is 0.901 bits per heavy atom. The molecule has 3 unspecified atom stereocenters. The Morgan fingerprint density at radius 1 is 0.535 bits per heavy atom. The Morgan fingerprint density at radius 3 is 1.18 bits per heavy atom. The number of benzene rings is 1. The molecular weight excluding hydrogens is 901 g/mol. The molecule has 3 atom stereocenters. The lowest BCUT2D eigenvalue weighted by molar-refractivity contribution is -0.171. The molecule has 2 rings (SSSR count). The molecule has 1 aromatic heterocycles. The van der Waals surface area contributed by atoms with Gasteiger partial charge in [-0.1, -0.05) is 134 Å². The zero-order valence-corrected chi connectivity index (χ0v) is 47.0. The maximum atomic E-state index is 15.5. The molecule has 13 heteroatoms. The fourth-order valence-electron chi connectivity index (χ4n) is 9.08. The summed E-state index contributed by atoms with van der Waals surface area (Å²) in [7, 11) is 4.54. The Hall–Kier alpha value is -4.29. The molecule has 13 nitrogen and oxygen atoms in total. The van der Waals surface area contributed by atoms with Gasteiger partial charge in [-0.25, -0.2) is 4.98 Å². The van der Waals surface area contributed by atoms with E-state index in [1.807, 2.05) is 13.8 Å². The summed E-state index contributed by atoms with van der Waals surface area (Å²) in [6.07, 6.45) is 17.2. The number of ether oxygens (including phenoxy) is 7. The van der Waals surface area contributed by atoms with Gasteiger partial charge >= 0.3 is 23.9 Å². The van der Waals surface area contributed by atoms with E-state index in [2.05, 4.69) is 74.2 Å². The summed E-state index contributed by atoms with van der Waals surface area (Å²) in [4.78, 5) is 62.7. The van der Waals surface area contributed by atoms with Crippen LogP contribution < -0.4 is 14.2 Å². The zero-order chi connectivity index (χ0) is 53.1. The van der Waals surface area contributed by atoms with Gasteiger partial charge in [0.1, 0.15) is 43.7 Å². The van der Waals surface area contributed by atoms with E-state index >= 15 is 9.59 Å². The van der Waals surface area contributed by atoms with Gasteiger partial charge in [0.2, 0.25) is 0 Å². The summed E-state index contributed by atoms with van der Waals surface area (Å²) in [5.74, 6) is -1.83. The highest BCUT2D eigenvalue weighted by atomic mass is 16.6. The van der Waals surface area contributed by atoms with Crippen LogP contribution in [0.15, 0.2) is 30.9 Å². The Balaban J connectivity index is 2.90. The minimum Gasteiger partial charge on any atom is -0.496 e. The zero-order valence-electron chi connectivity index (χ0n) is 47.0. The number of imidazole rings is 1. The van der Waals surface area contributed by atoms with Gasteiger partial charge in [-0.2, -0.15) is 0 Å². The second-order valence-electron chi connectivity index (χ2n) is 22.0. The van der Waals surface area contributed by atoms with Crippen LogP contribution in [0.4, 0.5) is 0 Å². The fraction of sp³-hybridized carbons (Fsp3) is 0.776. The number of carbonyl (C=O) groups excluding carboxylic acids is 4. The molecule has 0 spiro atoms. The summed E-state index contributed by atoms with van der Waals surface area (Å²) < 4.78 is 44.8. The number of hydrogen-bond acceptors (Lipinski definition) is 12. The first-order valence-corrected chi connectivity index (χ1v) is 27.2. The standard InChI is InChI=1S/C58H98N2O11/c1-16-20-22-45(18-3)53(61)68-36-57(28-24-41(5)6,29-25-42(7)8)38-70-55(63)51(52(60-33-32-59-40-60)50-48(66-14)34-47(65-13)35-49(50)67-15)56(64)71-39-58(30-26-43(9)10,31-27-44(11)12)37-69-54(62)46(19-4)23-21-17-2/h32-35,40-46,51-52H,16-31,36-39H2,1-15H3. The second-order valence-corrected chi connectivity index (χ2v) is 22.0.